The maximum Gasteiger partial charge on any atom is 0.142 e. The van der Waals surface area contributed by atoms with Gasteiger partial charge in [0.1, 0.15) is 5.75 Å². The lowest BCUT2D eigenvalue weighted by Gasteiger charge is -2.38. The molecule has 0 aliphatic carbocycles. The molecule has 0 bridgehead atoms. The van der Waals surface area contributed by atoms with Crippen molar-refractivity contribution in [3.8, 4) is 5.75 Å². The second-order valence-corrected chi connectivity index (χ2v) is 5.39. The minimum Gasteiger partial charge on any atom is -0.495 e. The van der Waals surface area contributed by atoms with E-state index in [1.54, 1.807) is 7.11 Å². The van der Waals surface area contributed by atoms with Crippen LogP contribution in [-0.2, 0) is 0 Å². The summed E-state index contributed by atoms with van der Waals surface area (Å²) in [5.41, 5.74) is 7.16. The Morgan fingerprint density at radius 3 is 2.59 bits per heavy atom. The maximum atomic E-state index is 6.13. The summed E-state index contributed by atoms with van der Waals surface area (Å²) in [7, 11) is 1.68. The lowest BCUT2D eigenvalue weighted by Crippen LogP contribution is -2.48. The van der Waals surface area contributed by atoms with Crippen molar-refractivity contribution in [1.82, 2.24) is 0 Å². The highest BCUT2D eigenvalue weighted by molar-refractivity contribution is 6.30. The van der Waals surface area contributed by atoms with Crippen LogP contribution in [0.2, 0.25) is 5.02 Å². The zero-order valence-corrected chi connectivity index (χ0v) is 11.1. The molecule has 1 aliphatic rings. The first-order valence-corrected chi connectivity index (χ1v) is 6.27. The first-order valence-electron chi connectivity index (χ1n) is 5.89. The summed E-state index contributed by atoms with van der Waals surface area (Å²) in [6.07, 6.45) is 1.98. The molecule has 1 aromatic carbocycles. The average Bonchev–Trinajstić information content (AvgIpc) is 2.29. The predicted octanol–water partition coefficient (Wildman–Crippen LogP) is 2.67. The molecule has 2 rings (SSSR count). The fourth-order valence-electron chi connectivity index (χ4n) is 2.17. The number of hydrogen-bond donors (Lipinski definition) is 1. The van der Waals surface area contributed by atoms with Crippen molar-refractivity contribution in [3.05, 3.63) is 23.2 Å². The van der Waals surface area contributed by atoms with Crippen molar-refractivity contribution in [1.29, 1.82) is 0 Å². The summed E-state index contributed by atoms with van der Waals surface area (Å²) in [6.45, 7) is 4.01. The number of anilines is 1. The SMILES string of the molecule is COc1ccc(Cl)cc1N1CCC(C)(N)CC1. The highest BCUT2D eigenvalue weighted by Crippen LogP contribution is 2.34. The molecular formula is C13H19ClN2O. The molecule has 2 N–H and O–H groups in total. The van der Waals surface area contributed by atoms with Gasteiger partial charge in [-0.3, -0.25) is 0 Å². The van der Waals surface area contributed by atoms with Crippen LogP contribution in [-0.4, -0.2) is 25.7 Å². The van der Waals surface area contributed by atoms with Crippen molar-refractivity contribution >= 4 is 17.3 Å². The summed E-state index contributed by atoms with van der Waals surface area (Å²) in [4.78, 5) is 2.29. The van der Waals surface area contributed by atoms with Crippen LogP contribution >= 0.6 is 11.6 Å². The number of halogens is 1. The van der Waals surface area contributed by atoms with Gasteiger partial charge in [-0.05, 0) is 38.0 Å². The fourth-order valence-corrected chi connectivity index (χ4v) is 2.34. The number of nitrogens with zero attached hydrogens (tertiary/aromatic N) is 1. The normalized spacial score (nSPS) is 19.2. The number of benzene rings is 1. The van der Waals surface area contributed by atoms with Crippen LogP contribution in [0.15, 0.2) is 18.2 Å². The van der Waals surface area contributed by atoms with Crippen molar-refractivity contribution in [2.45, 2.75) is 25.3 Å². The molecule has 0 saturated carbocycles. The topological polar surface area (TPSA) is 38.5 Å². The van der Waals surface area contributed by atoms with Crippen LogP contribution in [0.3, 0.4) is 0 Å². The molecular weight excluding hydrogens is 236 g/mol. The van der Waals surface area contributed by atoms with Gasteiger partial charge < -0.3 is 15.4 Å². The predicted molar refractivity (Wildman–Crippen MR) is 72.0 cm³/mol. The number of methoxy groups -OCH3 is 1. The summed E-state index contributed by atoms with van der Waals surface area (Å²) >= 11 is 6.04. The standard InChI is InChI=1S/C13H19ClN2O/c1-13(15)5-7-16(8-6-13)11-9-10(14)3-4-12(11)17-2/h3-4,9H,5-8,15H2,1-2H3. The first kappa shape index (κ1) is 12.5. The van der Waals surface area contributed by atoms with E-state index < -0.39 is 0 Å². The van der Waals surface area contributed by atoms with Gasteiger partial charge in [-0.1, -0.05) is 11.6 Å². The molecule has 0 atom stereocenters. The lowest BCUT2D eigenvalue weighted by atomic mass is 9.91. The van der Waals surface area contributed by atoms with Gasteiger partial charge in [-0.2, -0.15) is 0 Å². The average molecular weight is 255 g/mol. The summed E-state index contributed by atoms with van der Waals surface area (Å²) in [6, 6.07) is 5.72. The molecule has 1 fully saturated rings. The Bertz CT molecular complexity index is 396. The Kier molecular flexibility index (Phi) is 3.50. The lowest BCUT2D eigenvalue weighted by molar-refractivity contribution is 0.359. The van der Waals surface area contributed by atoms with Crippen LogP contribution in [0.25, 0.3) is 0 Å². The van der Waals surface area contributed by atoms with E-state index in [2.05, 4.69) is 11.8 Å². The highest BCUT2D eigenvalue weighted by atomic mass is 35.5. The number of piperidine rings is 1. The van der Waals surface area contributed by atoms with E-state index in [1.165, 1.54) is 0 Å². The molecule has 0 unspecified atom stereocenters. The molecule has 0 aromatic heterocycles. The van der Waals surface area contributed by atoms with Crippen LogP contribution in [0.4, 0.5) is 5.69 Å². The quantitative estimate of drug-likeness (QED) is 0.882. The number of hydrogen-bond acceptors (Lipinski definition) is 3. The third-order valence-corrected chi connectivity index (χ3v) is 3.62. The Balaban J connectivity index is 2.20. The second-order valence-electron chi connectivity index (χ2n) is 4.96. The molecule has 0 spiro atoms. The van der Waals surface area contributed by atoms with Crippen LogP contribution in [0.1, 0.15) is 19.8 Å². The zero-order valence-electron chi connectivity index (χ0n) is 10.4. The van der Waals surface area contributed by atoms with Gasteiger partial charge in [-0.15, -0.1) is 0 Å². The fraction of sp³-hybridized carbons (Fsp3) is 0.538. The Labute approximate surface area is 107 Å². The Morgan fingerprint density at radius 2 is 2.00 bits per heavy atom. The monoisotopic (exact) mass is 254 g/mol. The van der Waals surface area contributed by atoms with Gasteiger partial charge in [0.15, 0.2) is 0 Å². The summed E-state index contributed by atoms with van der Waals surface area (Å²) in [5, 5.41) is 0.738. The first-order chi connectivity index (χ1) is 8.02. The van der Waals surface area contributed by atoms with Crippen molar-refractivity contribution in [3.63, 3.8) is 0 Å². The van der Waals surface area contributed by atoms with Gasteiger partial charge in [0.2, 0.25) is 0 Å². The van der Waals surface area contributed by atoms with E-state index >= 15 is 0 Å². The molecule has 1 heterocycles. The van der Waals surface area contributed by atoms with Gasteiger partial charge in [0.05, 0.1) is 12.8 Å². The van der Waals surface area contributed by atoms with Crippen LogP contribution in [0.5, 0.6) is 5.75 Å². The summed E-state index contributed by atoms with van der Waals surface area (Å²) < 4.78 is 5.37. The summed E-state index contributed by atoms with van der Waals surface area (Å²) in [5.74, 6) is 0.870. The van der Waals surface area contributed by atoms with Gasteiger partial charge in [0, 0.05) is 23.7 Å². The maximum absolute atomic E-state index is 6.13. The highest BCUT2D eigenvalue weighted by Gasteiger charge is 2.27. The van der Waals surface area contributed by atoms with E-state index in [-0.39, 0.29) is 5.54 Å². The van der Waals surface area contributed by atoms with Crippen molar-refractivity contribution in [2.75, 3.05) is 25.1 Å². The molecule has 3 nitrogen and oxygen atoms in total. The minimum atomic E-state index is -0.0394. The van der Waals surface area contributed by atoms with Crippen LogP contribution in [0, 0.1) is 0 Å². The molecule has 17 heavy (non-hydrogen) atoms. The second kappa shape index (κ2) is 4.75. The van der Waals surface area contributed by atoms with Crippen molar-refractivity contribution < 1.29 is 4.74 Å². The van der Waals surface area contributed by atoms with E-state index in [4.69, 9.17) is 22.1 Å². The van der Waals surface area contributed by atoms with Crippen LogP contribution < -0.4 is 15.4 Å². The zero-order chi connectivity index (χ0) is 12.5. The van der Waals surface area contributed by atoms with E-state index in [0.717, 1.165) is 42.4 Å². The van der Waals surface area contributed by atoms with E-state index in [9.17, 15) is 0 Å². The largest absolute Gasteiger partial charge is 0.495 e. The molecule has 1 saturated heterocycles. The van der Waals surface area contributed by atoms with E-state index in [0.29, 0.717) is 0 Å². The Morgan fingerprint density at radius 1 is 1.35 bits per heavy atom. The van der Waals surface area contributed by atoms with Crippen molar-refractivity contribution in [2.24, 2.45) is 5.73 Å². The van der Waals surface area contributed by atoms with E-state index in [1.807, 2.05) is 18.2 Å². The third-order valence-electron chi connectivity index (χ3n) is 3.39. The number of ether oxygens (including phenoxy) is 1. The minimum absolute atomic E-state index is 0.0394. The number of rotatable bonds is 2. The molecule has 0 radical (unpaired) electrons. The molecule has 4 heteroatoms. The molecule has 1 aliphatic heterocycles. The molecule has 1 aromatic rings. The van der Waals surface area contributed by atoms with Gasteiger partial charge in [-0.25, -0.2) is 0 Å². The smallest absolute Gasteiger partial charge is 0.142 e. The Hall–Kier alpha value is -0.930. The molecule has 94 valence electrons. The van der Waals surface area contributed by atoms with Gasteiger partial charge in [0.25, 0.3) is 0 Å². The third kappa shape index (κ3) is 2.85. The number of nitrogens with two attached hydrogens (primary N) is 1. The van der Waals surface area contributed by atoms with Gasteiger partial charge >= 0.3 is 0 Å². The molecule has 0 amide bonds.